The molecule has 0 saturated heterocycles. The van der Waals surface area contributed by atoms with Gasteiger partial charge < -0.3 is 15.6 Å². The van der Waals surface area contributed by atoms with Gasteiger partial charge in [-0.15, -0.1) is 0 Å². The number of benzene rings is 1. The highest BCUT2D eigenvalue weighted by Gasteiger charge is 2.05. The molecule has 1 aromatic heterocycles. The summed E-state index contributed by atoms with van der Waals surface area (Å²) in [5.74, 6) is 0. The average Bonchev–Trinajstić information content (AvgIpc) is 2.37. The molecular formula is C13H15N3O. The zero-order valence-electron chi connectivity index (χ0n) is 9.68. The summed E-state index contributed by atoms with van der Waals surface area (Å²) >= 11 is 0. The van der Waals surface area contributed by atoms with Crippen LogP contribution >= 0.6 is 0 Å². The maximum atomic E-state index is 12.0. The topological polar surface area (TPSA) is 60.0 Å². The summed E-state index contributed by atoms with van der Waals surface area (Å²) in [6.45, 7) is 0.536. The van der Waals surface area contributed by atoms with Crippen LogP contribution in [0.1, 0.15) is 5.56 Å². The van der Waals surface area contributed by atoms with Crippen molar-refractivity contribution in [2.45, 2.75) is 6.54 Å². The monoisotopic (exact) mass is 229 g/mol. The quantitative estimate of drug-likeness (QED) is 0.839. The third-order valence-electron chi connectivity index (χ3n) is 2.67. The van der Waals surface area contributed by atoms with Crippen LogP contribution in [0.4, 0.5) is 11.4 Å². The molecule has 0 atom stereocenters. The second-order valence-electron chi connectivity index (χ2n) is 3.81. The number of nitrogen functional groups attached to an aromatic ring is 1. The smallest absolute Gasteiger partial charge is 0.276 e. The second kappa shape index (κ2) is 4.74. The molecule has 0 aliphatic rings. The van der Waals surface area contributed by atoms with Gasteiger partial charge in [0.2, 0.25) is 0 Å². The molecule has 1 aromatic carbocycles. The number of nitrogens with two attached hydrogens (primary N) is 1. The molecular weight excluding hydrogens is 214 g/mol. The van der Waals surface area contributed by atoms with Crippen LogP contribution in [0.3, 0.4) is 0 Å². The number of hydrogen-bond donors (Lipinski definition) is 2. The van der Waals surface area contributed by atoms with Crippen LogP contribution in [0.2, 0.25) is 0 Å². The minimum atomic E-state index is -0.166. The normalized spacial score (nSPS) is 10.2. The van der Waals surface area contributed by atoms with E-state index in [0.29, 0.717) is 12.2 Å². The van der Waals surface area contributed by atoms with E-state index in [4.69, 9.17) is 5.73 Å². The molecule has 0 fully saturated rings. The standard InChI is InChI=1S/C13H15N3O/c1-15-11-7-8-16(13(17)12(11)14)9-10-5-3-2-4-6-10/h2-8,15H,9,14H2,1H3. The molecule has 2 rings (SSSR count). The SMILES string of the molecule is CNc1ccn(Cc2ccccc2)c(=O)c1N. The maximum absolute atomic E-state index is 12.0. The molecule has 0 saturated carbocycles. The van der Waals surface area contributed by atoms with E-state index < -0.39 is 0 Å². The number of nitrogens with zero attached hydrogens (tertiary/aromatic N) is 1. The lowest BCUT2D eigenvalue weighted by atomic mass is 10.2. The lowest BCUT2D eigenvalue weighted by molar-refractivity contribution is 0.763. The minimum absolute atomic E-state index is 0.166. The largest absolute Gasteiger partial charge is 0.393 e. The number of pyridine rings is 1. The van der Waals surface area contributed by atoms with Crippen LogP contribution in [0, 0.1) is 0 Å². The van der Waals surface area contributed by atoms with E-state index in [0.717, 1.165) is 5.56 Å². The van der Waals surface area contributed by atoms with Crippen molar-refractivity contribution in [3.05, 3.63) is 58.5 Å². The van der Waals surface area contributed by atoms with Crippen LogP contribution < -0.4 is 16.6 Å². The zero-order chi connectivity index (χ0) is 12.3. The maximum Gasteiger partial charge on any atom is 0.276 e. The van der Waals surface area contributed by atoms with E-state index in [2.05, 4.69) is 5.32 Å². The second-order valence-corrected chi connectivity index (χ2v) is 3.81. The van der Waals surface area contributed by atoms with Crippen LogP contribution in [-0.2, 0) is 6.54 Å². The van der Waals surface area contributed by atoms with Gasteiger partial charge in [0.25, 0.3) is 5.56 Å². The van der Waals surface area contributed by atoms with Gasteiger partial charge in [0.05, 0.1) is 12.2 Å². The van der Waals surface area contributed by atoms with Gasteiger partial charge in [-0.2, -0.15) is 0 Å². The first-order valence-corrected chi connectivity index (χ1v) is 5.43. The third kappa shape index (κ3) is 2.30. The summed E-state index contributed by atoms with van der Waals surface area (Å²) in [6.07, 6.45) is 1.75. The molecule has 0 amide bonds. The van der Waals surface area contributed by atoms with Crippen molar-refractivity contribution in [2.75, 3.05) is 18.1 Å². The Bertz CT molecular complexity index is 561. The minimum Gasteiger partial charge on any atom is -0.393 e. The number of aromatic nitrogens is 1. The molecule has 88 valence electrons. The molecule has 2 aromatic rings. The lowest BCUT2D eigenvalue weighted by Crippen LogP contribution is -2.23. The van der Waals surface area contributed by atoms with Gasteiger partial charge >= 0.3 is 0 Å². The highest BCUT2D eigenvalue weighted by atomic mass is 16.1. The van der Waals surface area contributed by atoms with Crippen molar-refractivity contribution in [1.29, 1.82) is 0 Å². The molecule has 0 spiro atoms. The average molecular weight is 229 g/mol. The highest BCUT2D eigenvalue weighted by Crippen LogP contribution is 2.11. The van der Waals surface area contributed by atoms with Crippen molar-refractivity contribution < 1.29 is 0 Å². The fourth-order valence-electron chi connectivity index (χ4n) is 1.71. The molecule has 0 radical (unpaired) electrons. The molecule has 4 nitrogen and oxygen atoms in total. The van der Waals surface area contributed by atoms with Gasteiger partial charge in [-0.1, -0.05) is 30.3 Å². The number of nitrogens with one attached hydrogen (secondary N) is 1. The van der Waals surface area contributed by atoms with Crippen LogP contribution in [0.5, 0.6) is 0 Å². The van der Waals surface area contributed by atoms with Gasteiger partial charge in [0.1, 0.15) is 5.69 Å². The van der Waals surface area contributed by atoms with Gasteiger partial charge in [-0.3, -0.25) is 4.79 Å². The Labute approximate surface area is 99.7 Å². The first kappa shape index (κ1) is 11.3. The van der Waals surface area contributed by atoms with E-state index >= 15 is 0 Å². The fourth-order valence-corrected chi connectivity index (χ4v) is 1.71. The summed E-state index contributed by atoms with van der Waals surface area (Å²) in [5, 5.41) is 2.89. The Hall–Kier alpha value is -2.23. The molecule has 1 heterocycles. The fraction of sp³-hybridized carbons (Fsp3) is 0.154. The highest BCUT2D eigenvalue weighted by molar-refractivity contribution is 5.63. The van der Waals surface area contributed by atoms with E-state index in [-0.39, 0.29) is 11.2 Å². The van der Waals surface area contributed by atoms with Crippen LogP contribution in [-0.4, -0.2) is 11.6 Å². The van der Waals surface area contributed by atoms with E-state index in [1.807, 2.05) is 30.3 Å². The Balaban J connectivity index is 2.35. The lowest BCUT2D eigenvalue weighted by Gasteiger charge is -2.09. The third-order valence-corrected chi connectivity index (χ3v) is 2.67. The van der Waals surface area contributed by atoms with Gasteiger partial charge in [0, 0.05) is 13.2 Å². The molecule has 0 aliphatic carbocycles. The number of hydrogen-bond acceptors (Lipinski definition) is 3. The Morgan fingerprint density at radius 2 is 1.94 bits per heavy atom. The van der Waals surface area contributed by atoms with Crippen molar-refractivity contribution in [3.63, 3.8) is 0 Å². The summed E-state index contributed by atoms with van der Waals surface area (Å²) in [7, 11) is 1.74. The molecule has 0 bridgehead atoms. The predicted octanol–water partition coefficient (Wildman–Crippen LogP) is 1.52. The van der Waals surface area contributed by atoms with Crippen LogP contribution in [0.15, 0.2) is 47.4 Å². The van der Waals surface area contributed by atoms with Crippen molar-refractivity contribution in [2.24, 2.45) is 0 Å². The first-order valence-electron chi connectivity index (χ1n) is 5.43. The molecule has 0 aliphatic heterocycles. The van der Waals surface area contributed by atoms with Crippen molar-refractivity contribution in [1.82, 2.24) is 4.57 Å². The van der Waals surface area contributed by atoms with Crippen LogP contribution in [0.25, 0.3) is 0 Å². The molecule has 3 N–H and O–H groups in total. The molecule has 17 heavy (non-hydrogen) atoms. The number of anilines is 2. The van der Waals surface area contributed by atoms with E-state index in [1.165, 1.54) is 0 Å². The zero-order valence-corrected chi connectivity index (χ0v) is 9.68. The predicted molar refractivity (Wildman–Crippen MR) is 70.2 cm³/mol. The summed E-state index contributed by atoms with van der Waals surface area (Å²) in [6, 6.07) is 11.6. The van der Waals surface area contributed by atoms with Crippen molar-refractivity contribution in [3.8, 4) is 0 Å². The van der Waals surface area contributed by atoms with E-state index in [1.54, 1.807) is 23.9 Å². The van der Waals surface area contributed by atoms with Gasteiger partial charge in [-0.05, 0) is 11.6 Å². The number of rotatable bonds is 3. The molecule has 0 unspecified atom stereocenters. The van der Waals surface area contributed by atoms with E-state index in [9.17, 15) is 4.79 Å². The summed E-state index contributed by atoms with van der Waals surface area (Å²) in [5.41, 5.74) is 7.58. The Morgan fingerprint density at radius 3 is 2.59 bits per heavy atom. The first-order chi connectivity index (χ1) is 8.22. The van der Waals surface area contributed by atoms with Gasteiger partial charge in [-0.25, -0.2) is 0 Å². The Kier molecular flexibility index (Phi) is 3.14. The Morgan fingerprint density at radius 1 is 1.24 bits per heavy atom. The van der Waals surface area contributed by atoms with Gasteiger partial charge in [0.15, 0.2) is 0 Å². The molecule has 4 heteroatoms. The summed E-state index contributed by atoms with van der Waals surface area (Å²) in [4.78, 5) is 12.0. The summed E-state index contributed by atoms with van der Waals surface area (Å²) < 4.78 is 1.60. The van der Waals surface area contributed by atoms with Crippen molar-refractivity contribution >= 4 is 11.4 Å².